The van der Waals surface area contributed by atoms with Crippen molar-refractivity contribution in [1.82, 2.24) is 0 Å². The van der Waals surface area contributed by atoms with Gasteiger partial charge in [-0.15, -0.1) is 0 Å². The summed E-state index contributed by atoms with van der Waals surface area (Å²) in [6.45, 7) is 33.5. The summed E-state index contributed by atoms with van der Waals surface area (Å²) in [4.78, 5) is 50.7. The van der Waals surface area contributed by atoms with E-state index in [1.807, 2.05) is 27.7 Å². The fourth-order valence-electron chi connectivity index (χ4n) is 9.49. The Morgan fingerprint density at radius 3 is 1.15 bits per heavy atom. The Labute approximate surface area is 405 Å². The van der Waals surface area contributed by atoms with E-state index in [9.17, 15) is 19.2 Å². The van der Waals surface area contributed by atoms with E-state index in [-0.39, 0.29) is 34.3 Å². The van der Waals surface area contributed by atoms with Crippen molar-refractivity contribution in [2.45, 2.75) is 226 Å². The zero-order valence-electron chi connectivity index (χ0n) is 45.8. The van der Waals surface area contributed by atoms with Gasteiger partial charge in [-0.2, -0.15) is 0 Å². The number of ether oxygens (including phenoxy) is 2. The lowest BCUT2D eigenvalue weighted by atomic mass is 9.83. The topological polar surface area (TPSA) is 86.7 Å². The molecule has 0 heterocycles. The summed E-state index contributed by atoms with van der Waals surface area (Å²) in [7, 11) is 3.29. The van der Waals surface area contributed by atoms with Crippen LogP contribution in [0, 0.1) is 56.3 Å². The van der Waals surface area contributed by atoms with Gasteiger partial charge in [0.2, 0.25) is 0 Å². The third-order valence-corrected chi connectivity index (χ3v) is 14.3. The predicted octanol–water partition coefficient (Wildman–Crippen LogP) is 16.9. The highest BCUT2D eigenvalue weighted by Crippen LogP contribution is 2.38. The molecule has 0 radical (unpaired) electrons. The van der Waals surface area contributed by atoms with Crippen LogP contribution in [0.2, 0.25) is 0 Å². The minimum Gasteiger partial charge on any atom is -0.496 e. The van der Waals surface area contributed by atoms with Gasteiger partial charge in [-0.05, 0) is 140 Å². The first-order valence-electron chi connectivity index (χ1n) is 26.1. The van der Waals surface area contributed by atoms with E-state index in [1.165, 1.54) is 83.5 Å². The van der Waals surface area contributed by atoms with Crippen molar-refractivity contribution >= 4 is 23.1 Å². The molecule has 374 valence electrons. The molecule has 6 nitrogen and oxygen atoms in total. The van der Waals surface area contributed by atoms with Crippen molar-refractivity contribution in [1.29, 1.82) is 0 Å². The summed E-state index contributed by atoms with van der Waals surface area (Å²) >= 11 is 0. The second-order valence-corrected chi connectivity index (χ2v) is 21.7. The molecule has 4 atom stereocenters. The number of ketones is 4. The Kier molecular flexibility index (Phi) is 28.9. The van der Waals surface area contributed by atoms with Crippen molar-refractivity contribution in [3.63, 3.8) is 0 Å². The number of Topliss-reactive ketones (excluding diaryl/α,β-unsaturated/α-hetero) is 2. The van der Waals surface area contributed by atoms with Crippen LogP contribution in [0.5, 0.6) is 11.5 Å². The van der Waals surface area contributed by atoms with E-state index in [0.717, 1.165) is 95.3 Å². The van der Waals surface area contributed by atoms with Gasteiger partial charge in [-0.3, -0.25) is 19.2 Å². The Morgan fingerprint density at radius 2 is 0.773 bits per heavy atom. The lowest BCUT2D eigenvalue weighted by Crippen LogP contribution is -2.24. The molecule has 0 saturated carbocycles. The van der Waals surface area contributed by atoms with Crippen LogP contribution < -0.4 is 9.47 Å². The number of methoxy groups -OCH3 is 2. The average Bonchev–Trinajstić information content (AvgIpc) is 3.23. The molecule has 4 unspecified atom stereocenters. The minimum absolute atomic E-state index is 0.00718. The maximum atomic E-state index is 13.2. The molecule has 1 aromatic carbocycles. The molecule has 0 amide bonds. The van der Waals surface area contributed by atoms with Crippen LogP contribution in [0.15, 0.2) is 45.6 Å². The van der Waals surface area contributed by atoms with Gasteiger partial charge in [0.05, 0.1) is 25.4 Å². The van der Waals surface area contributed by atoms with Crippen LogP contribution >= 0.6 is 0 Å². The van der Waals surface area contributed by atoms with Crippen LogP contribution in [0.25, 0.3) is 0 Å². The summed E-state index contributed by atoms with van der Waals surface area (Å²) in [6.07, 6.45) is 25.8. The predicted molar refractivity (Wildman–Crippen MR) is 281 cm³/mol. The smallest absolute Gasteiger partial charge is 0.193 e. The molecule has 1 aliphatic rings. The fraction of sp³-hybridized carbons (Fsp3) is 0.700. The molecule has 0 aliphatic heterocycles. The first-order valence-corrected chi connectivity index (χ1v) is 26.1. The van der Waals surface area contributed by atoms with E-state index >= 15 is 0 Å². The summed E-state index contributed by atoms with van der Waals surface area (Å²) in [6, 6.07) is 0. The molecule has 0 spiro atoms. The van der Waals surface area contributed by atoms with Crippen molar-refractivity contribution in [3.8, 4) is 11.5 Å². The lowest BCUT2D eigenvalue weighted by Gasteiger charge is -2.19. The van der Waals surface area contributed by atoms with Crippen LogP contribution in [0.4, 0.5) is 0 Å². The molecule has 1 aliphatic carbocycles. The lowest BCUT2D eigenvalue weighted by molar-refractivity contribution is -0.120. The summed E-state index contributed by atoms with van der Waals surface area (Å²) in [5.74, 6) is 5.38. The SMILES string of the molecule is CC(=CC(=O)C1=C(C)C(=O)C(C)=C(C)C1=O)CCCC(C)CCCC(C)CCCC(C)C.COc1c(C)c(C)c(OC)c(C(=O)C=C(C)CCCC(C)CCCC(C)CCCC(C)C)c1C. The van der Waals surface area contributed by atoms with Crippen molar-refractivity contribution in [2.24, 2.45) is 35.5 Å². The summed E-state index contributed by atoms with van der Waals surface area (Å²) < 4.78 is 11.2. The van der Waals surface area contributed by atoms with E-state index in [0.29, 0.717) is 28.4 Å². The third-order valence-electron chi connectivity index (χ3n) is 14.3. The average molecular weight is 915 g/mol. The quantitative estimate of drug-likeness (QED) is 0.0331. The second-order valence-electron chi connectivity index (χ2n) is 21.7. The summed E-state index contributed by atoms with van der Waals surface area (Å²) in [5.41, 5.74) is 6.73. The molecule has 0 bridgehead atoms. The van der Waals surface area contributed by atoms with Crippen LogP contribution in [0.3, 0.4) is 0 Å². The first kappa shape index (κ1) is 60.5. The molecule has 1 aromatic rings. The molecular formula is C60H98O6. The number of carbonyl (C=O) groups excluding carboxylic acids is 4. The molecule has 6 heteroatoms. The van der Waals surface area contributed by atoms with E-state index in [2.05, 4.69) is 62.3 Å². The molecule has 0 aromatic heterocycles. The maximum Gasteiger partial charge on any atom is 0.193 e. The second kappa shape index (κ2) is 31.5. The maximum absolute atomic E-state index is 13.2. The standard InChI is InChI=1S/C31H52O3.C29H46O3/c1-21(2)14-11-15-22(3)16-12-17-23(4)18-13-19-24(5)20-28(32)29-27(8)30(33-9)25(6)26(7)31(29)34-10;1-19(2)12-9-13-20(3)14-10-15-21(4)16-11-17-22(5)18-26(30)27-25(8)28(31)23(6)24(7)29(27)32/h20-23H,11-19H2,1-10H3;18-21H,9-17H2,1-8H3. The number of hydrogen-bond donors (Lipinski definition) is 0. The van der Waals surface area contributed by atoms with E-state index in [1.54, 1.807) is 47.1 Å². The largest absolute Gasteiger partial charge is 0.496 e. The van der Waals surface area contributed by atoms with Gasteiger partial charge in [0.25, 0.3) is 0 Å². The number of carbonyl (C=O) groups is 4. The highest BCUT2D eigenvalue weighted by atomic mass is 16.5. The Bertz CT molecular complexity index is 1850. The van der Waals surface area contributed by atoms with Gasteiger partial charge in [0, 0.05) is 22.3 Å². The van der Waals surface area contributed by atoms with Crippen molar-refractivity contribution in [3.05, 3.63) is 67.8 Å². The van der Waals surface area contributed by atoms with Gasteiger partial charge in [0.15, 0.2) is 23.1 Å². The Hall–Kier alpha value is -3.54. The normalized spacial score (nSPS) is 15.6. The van der Waals surface area contributed by atoms with Gasteiger partial charge >= 0.3 is 0 Å². The zero-order chi connectivity index (χ0) is 50.3. The molecule has 66 heavy (non-hydrogen) atoms. The van der Waals surface area contributed by atoms with Gasteiger partial charge in [-0.25, -0.2) is 0 Å². The number of rotatable bonds is 30. The van der Waals surface area contributed by atoms with Crippen LogP contribution in [-0.2, 0) is 14.4 Å². The number of allylic oxidation sites excluding steroid dienone is 8. The van der Waals surface area contributed by atoms with Crippen LogP contribution in [0.1, 0.15) is 233 Å². The molecule has 0 fully saturated rings. The monoisotopic (exact) mass is 915 g/mol. The molecule has 0 saturated heterocycles. The minimum atomic E-state index is -0.329. The summed E-state index contributed by atoms with van der Waals surface area (Å²) in [5, 5.41) is 0. The van der Waals surface area contributed by atoms with Crippen molar-refractivity contribution < 1.29 is 28.7 Å². The van der Waals surface area contributed by atoms with Crippen molar-refractivity contribution in [2.75, 3.05) is 14.2 Å². The highest BCUT2D eigenvalue weighted by molar-refractivity contribution is 6.37. The molecule has 2 rings (SSSR count). The van der Waals surface area contributed by atoms with Gasteiger partial charge in [0.1, 0.15) is 11.5 Å². The first-order chi connectivity index (χ1) is 31.0. The molecule has 0 N–H and O–H groups in total. The number of benzene rings is 1. The Morgan fingerprint density at radius 1 is 0.439 bits per heavy atom. The third kappa shape index (κ3) is 21.2. The molecular weight excluding hydrogens is 817 g/mol. The number of hydrogen-bond acceptors (Lipinski definition) is 6. The van der Waals surface area contributed by atoms with Gasteiger partial charge < -0.3 is 9.47 Å². The van der Waals surface area contributed by atoms with Crippen LogP contribution in [-0.4, -0.2) is 37.4 Å². The van der Waals surface area contributed by atoms with Gasteiger partial charge in [-0.1, -0.05) is 156 Å². The zero-order valence-corrected chi connectivity index (χ0v) is 45.8. The van der Waals surface area contributed by atoms with E-state index in [4.69, 9.17) is 9.47 Å². The fourth-order valence-corrected chi connectivity index (χ4v) is 9.49. The van der Waals surface area contributed by atoms with E-state index < -0.39 is 0 Å². The Balaban J connectivity index is 0.000000661. The highest BCUT2D eigenvalue weighted by Gasteiger charge is 2.31.